The first-order chi connectivity index (χ1) is 19.0. The van der Waals surface area contributed by atoms with Crippen molar-refractivity contribution in [2.45, 2.75) is 80.7 Å². The molecule has 2 aliphatic carbocycles. The van der Waals surface area contributed by atoms with E-state index in [2.05, 4.69) is 42.6 Å². The van der Waals surface area contributed by atoms with Gasteiger partial charge in [-0.25, -0.2) is 9.69 Å². The van der Waals surface area contributed by atoms with Crippen LogP contribution in [-0.2, 0) is 10.8 Å². The van der Waals surface area contributed by atoms with Crippen molar-refractivity contribution in [2.75, 3.05) is 6.54 Å². The summed E-state index contributed by atoms with van der Waals surface area (Å²) in [5, 5.41) is 19.5. The fourth-order valence-corrected chi connectivity index (χ4v) is 7.61. The number of nitriles is 2. The second-order valence-electron chi connectivity index (χ2n) is 11.6. The molecule has 4 aliphatic rings. The molecule has 0 amide bonds. The first-order valence-corrected chi connectivity index (χ1v) is 13.7. The Labute approximate surface area is 231 Å². The second-order valence-corrected chi connectivity index (χ2v) is 11.6. The third kappa shape index (κ3) is 4.98. The van der Waals surface area contributed by atoms with Gasteiger partial charge in [-0.05, 0) is 80.0 Å². The number of fused-ring (bicyclic) bond motifs is 4. The average Bonchev–Trinajstić information content (AvgIpc) is 3.45. The van der Waals surface area contributed by atoms with Crippen molar-refractivity contribution in [1.82, 2.24) is 14.9 Å². The Bertz CT molecular complexity index is 1420. The van der Waals surface area contributed by atoms with E-state index in [4.69, 9.17) is 19.6 Å². The van der Waals surface area contributed by atoms with Crippen LogP contribution in [0.1, 0.15) is 68.9 Å². The lowest BCUT2D eigenvalue weighted by Gasteiger charge is -2.42. The standard InChI is InChI=1S/C17H16N4.C15H15N3/c1-3-6-21-15-4-5-16(21)9-17(8-15,12-18)13-7-14(19-2)11-20-10-13;1-17-14-5-13(8-18-9-14)15(10-16)6-11-2-3-12(4-11)7-15/h1,7,10-11,15-16H,4-6,8-9H2;5,8-9,11-12H,2-4,6-7H2/t15-,16+,17?;11-,12+,15?. The third-order valence-electron chi connectivity index (χ3n) is 9.38. The molecule has 6 rings (SSSR count). The summed E-state index contributed by atoms with van der Waals surface area (Å²) in [7, 11) is 0. The molecule has 2 unspecified atom stereocenters. The molecule has 4 bridgehead atoms. The Morgan fingerprint density at radius 3 is 1.74 bits per heavy atom. The summed E-state index contributed by atoms with van der Waals surface area (Å²) in [6, 6.07) is 9.49. The number of hydrogen-bond acceptors (Lipinski definition) is 5. The lowest BCUT2D eigenvalue weighted by Crippen LogP contribution is -2.49. The van der Waals surface area contributed by atoms with E-state index in [-0.39, 0.29) is 0 Å². The number of nitrogens with zero attached hydrogens (tertiary/aromatic N) is 7. The largest absolute Gasteiger partial charge is 0.286 e. The van der Waals surface area contributed by atoms with Crippen molar-refractivity contribution in [3.8, 4) is 24.5 Å². The van der Waals surface area contributed by atoms with Crippen LogP contribution in [0, 0.1) is 60.0 Å². The maximum Gasteiger partial charge on any atom is 0.205 e. The molecule has 2 saturated heterocycles. The number of piperidine rings is 1. The molecule has 0 N–H and O–H groups in total. The maximum absolute atomic E-state index is 9.82. The minimum Gasteiger partial charge on any atom is -0.286 e. The zero-order valence-corrected chi connectivity index (χ0v) is 22.1. The van der Waals surface area contributed by atoms with Gasteiger partial charge in [-0.2, -0.15) is 10.5 Å². The fourth-order valence-electron chi connectivity index (χ4n) is 7.61. The molecule has 4 fully saturated rings. The molecule has 2 aliphatic heterocycles. The average molecular weight is 514 g/mol. The Morgan fingerprint density at radius 1 is 0.821 bits per heavy atom. The summed E-state index contributed by atoms with van der Waals surface area (Å²) >= 11 is 0. The van der Waals surface area contributed by atoms with E-state index in [1.165, 1.54) is 19.3 Å². The molecule has 0 radical (unpaired) electrons. The minimum atomic E-state index is -0.523. The van der Waals surface area contributed by atoms with Crippen molar-refractivity contribution in [2.24, 2.45) is 11.8 Å². The Balaban J connectivity index is 0.000000160. The van der Waals surface area contributed by atoms with Gasteiger partial charge in [0.2, 0.25) is 11.4 Å². The smallest absolute Gasteiger partial charge is 0.205 e. The summed E-state index contributed by atoms with van der Waals surface area (Å²) in [6.07, 6.45) is 21.6. The van der Waals surface area contributed by atoms with Gasteiger partial charge in [0.25, 0.3) is 0 Å². The summed E-state index contributed by atoms with van der Waals surface area (Å²) in [6.45, 7) is 14.9. The lowest BCUT2D eigenvalue weighted by atomic mass is 9.66. The molecule has 0 aromatic carbocycles. The first-order valence-electron chi connectivity index (χ1n) is 13.7. The number of pyridine rings is 2. The van der Waals surface area contributed by atoms with E-state index in [9.17, 15) is 10.5 Å². The van der Waals surface area contributed by atoms with Crippen molar-refractivity contribution < 1.29 is 0 Å². The van der Waals surface area contributed by atoms with Crippen LogP contribution >= 0.6 is 0 Å². The van der Waals surface area contributed by atoms with Gasteiger partial charge >= 0.3 is 0 Å². The summed E-state index contributed by atoms with van der Waals surface area (Å²) in [5.41, 5.74) is 1.97. The fraction of sp³-hybridized carbons (Fsp3) is 0.500. The van der Waals surface area contributed by atoms with Crippen LogP contribution in [-0.4, -0.2) is 33.5 Å². The van der Waals surface area contributed by atoms with Gasteiger partial charge in [-0.15, -0.1) is 6.42 Å². The van der Waals surface area contributed by atoms with Crippen molar-refractivity contribution in [3.05, 3.63) is 70.9 Å². The normalized spacial score (nSPS) is 32.3. The summed E-state index contributed by atoms with van der Waals surface area (Å²) < 4.78 is 0. The maximum atomic E-state index is 9.82. The van der Waals surface area contributed by atoms with Gasteiger partial charge < -0.3 is 0 Å². The molecule has 6 atom stereocenters. The summed E-state index contributed by atoms with van der Waals surface area (Å²) in [4.78, 5) is 17.5. The number of terminal acetylenes is 1. The molecule has 7 heteroatoms. The first kappa shape index (κ1) is 26.4. The van der Waals surface area contributed by atoms with Gasteiger partial charge in [0.1, 0.15) is 0 Å². The van der Waals surface area contributed by atoms with Crippen LogP contribution in [0.25, 0.3) is 9.69 Å². The van der Waals surface area contributed by atoms with Crippen molar-refractivity contribution >= 4 is 11.4 Å². The van der Waals surface area contributed by atoms with Crippen LogP contribution in [0.3, 0.4) is 0 Å². The predicted octanol–water partition coefficient (Wildman–Crippen LogP) is 6.26. The Hall–Kier alpha value is -4.22. The Morgan fingerprint density at radius 2 is 1.31 bits per heavy atom. The van der Waals surface area contributed by atoms with E-state index in [1.807, 2.05) is 12.1 Å². The molecule has 7 nitrogen and oxygen atoms in total. The molecular weight excluding hydrogens is 482 g/mol. The van der Waals surface area contributed by atoms with E-state index in [1.54, 1.807) is 24.8 Å². The van der Waals surface area contributed by atoms with Crippen molar-refractivity contribution in [1.29, 1.82) is 10.5 Å². The van der Waals surface area contributed by atoms with Gasteiger partial charge in [0.05, 0.1) is 42.7 Å². The van der Waals surface area contributed by atoms with Crippen LogP contribution < -0.4 is 0 Å². The van der Waals surface area contributed by atoms with Gasteiger partial charge in [0.15, 0.2) is 0 Å². The van der Waals surface area contributed by atoms with Gasteiger partial charge in [-0.3, -0.25) is 14.9 Å². The highest BCUT2D eigenvalue weighted by atomic mass is 15.2. The van der Waals surface area contributed by atoms with Crippen LogP contribution in [0.15, 0.2) is 36.9 Å². The number of rotatable bonds is 3. The molecule has 2 aromatic heterocycles. The highest BCUT2D eigenvalue weighted by Crippen LogP contribution is 2.52. The van der Waals surface area contributed by atoms with Gasteiger partial charge in [-0.1, -0.05) is 18.8 Å². The highest BCUT2D eigenvalue weighted by molar-refractivity contribution is 5.49. The van der Waals surface area contributed by atoms with Crippen LogP contribution in [0.2, 0.25) is 0 Å². The molecule has 194 valence electrons. The Kier molecular flexibility index (Phi) is 7.36. The SMILES string of the molecule is [C-]#[N+]c1cncc(C2(C#N)C[C@@H]3CC[C@@H](C3)C2)c1.[C-]#[N+]c1cncc(C2(C#N)C[C@H]3CC[C@@H](C2)N3CC#C)c1. The van der Waals surface area contributed by atoms with Crippen LogP contribution in [0.4, 0.5) is 11.4 Å². The quantitative estimate of drug-likeness (QED) is 0.357. The second kappa shape index (κ2) is 10.9. The lowest BCUT2D eigenvalue weighted by molar-refractivity contribution is 0.121. The van der Waals surface area contributed by atoms with E-state index >= 15 is 0 Å². The molecule has 2 saturated carbocycles. The monoisotopic (exact) mass is 513 g/mol. The van der Waals surface area contributed by atoms with E-state index < -0.39 is 10.8 Å². The van der Waals surface area contributed by atoms with Crippen LogP contribution in [0.5, 0.6) is 0 Å². The zero-order chi connectivity index (χ0) is 27.5. The highest BCUT2D eigenvalue weighted by Gasteiger charge is 2.49. The molecule has 39 heavy (non-hydrogen) atoms. The molecule has 2 aromatic rings. The van der Waals surface area contributed by atoms with E-state index in [0.29, 0.717) is 41.8 Å². The topological polar surface area (TPSA) is 85.3 Å². The molecule has 0 spiro atoms. The predicted molar refractivity (Wildman–Crippen MR) is 147 cm³/mol. The van der Waals surface area contributed by atoms with Gasteiger partial charge in [0, 0.05) is 36.9 Å². The van der Waals surface area contributed by atoms with E-state index in [0.717, 1.165) is 49.7 Å². The minimum absolute atomic E-state index is 0.371. The third-order valence-corrected chi connectivity index (χ3v) is 9.38. The van der Waals surface area contributed by atoms with Crippen molar-refractivity contribution in [3.63, 3.8) is 0 Å². The number of hydrogen-bond donors (Lipinski definition) is 0. The molecule has 4 heterocycles. The summed E-state index contributed by atoms with van der Waals surface area (Å²) in [5.74, 6) is 4.12. The molecular formula is C32H31N7. The number of aromatic nitrogens is 2. The zero-order valence-electron chi connectivity index (χ0n) is 22.1.